The zero-order chi connectivity index (χ0) is 29.9. The smallest absolute Gasteiger partial charge is 0.251 e. The van der Waals surface area contributed by atoms with Crippen molar-refractivity contribution in [1.29, 1.82) is 0 Å². The van der Waals surface area contributed by atoms with Gasteiger partial charge in [-0.3, -0.25) is 14.2 Å². The molecule has 0 bridgehead atoms. The highest BCUT2D eigenvalue weighted by atomic mass is 19.1. The summed E-state index contributed by atoms with van der Waals surface area (Å²) in [5.74, 6) is -0.0947. The van der Waals surface area contributed by atoms with Gasteiger partial charge in [-0.2, -0.15) is 0 Å². The Kier molecular flexibility index (Phi) is 7.32. The third kappa shape index (κ3) is 5.80. The number of fused-ring (bicyclic) bond motifs is 1. The first kappa shape index (κ1) is 27.3. The number of carbonyl (C=O) groups excluding carboxylic acids is 2. The summed E-state index contributed by atoms with van der Waals surface area (Å²) in [6.45, 7) is 1.69. The molecule has 10 heteroatoms. The number of nitrogen functional groups attached to an aromatic ring is 1. The van der Waals surface area contributed by atoms with Crippen LogP contribution < -0.4 is 16.4 Å². The quantitative estimate of drug-likeness (QED) is 0.224. The maximum absolute atomic E-state index is 13.6. The Morgan fingerprint density at radius 3 is 2.49 bits per heavy atom. The van der Waals surface area contributed by atoms with Crippen molar-refractivity contribution in [2.75, 3.05) is 11.1 Å². The highest BCUT2D eigenvalue weighted by Gasteiger charge is 2.19. The average molecular weight is 572 g/mol. The lowest BCUT2D eigenvalue weighted by atomic mass is 10.1. The molecule has 0 atom stereocenters. The Morgan fingerprint density at radius 2 is 1.72 bits per heavy atom. The van der Waals surface area contributed by atoms with Crippen molar-refractivity contribution >= 4 is 34.5 Å². The number of imidazole rings is 1. The van der Waals surface area contributed by atoms with Gasteiger partial charge in [-0.05, 0) is 71.8 Å². The Hall–Kier alpha value is -5.90. The molecule has 3 heterocycles. The van der Waals surface area contributed by atoms with E-state index < -0.39 is 5.82 Å². The molecule has 3 aromatic carbocycles. The molecule has 0 radical (unpaired) electrons. The lowest BCUT2D eigenvalue weighted by Crippen LogP contribution is -2.22. The highest BCUT2D eigenvalue weighted by molar-refractivity contribution is 5.94. The van der Waals surface area contributed by atoms with E-state index in [0.29, 0.717) is 34.1 Å². The number of amides is 2. The number of aromatic nitrogens is 4. The minimum atomic E-state index is -0.471. The first-order valence-corrected chi connectivity index (χ1v) is 13.5. The second-order valence-corrected chi connectivity index (χ2v) is 9.90. The van der Waals surface area contributed by atoms with Crippen molar-refractivity contribution in [3.63, 3.8) is 0 Å². The summed E-state index contributed by atoms with van der Waals surface area (Å²) in [5.41, 5.74) is 12.5. The minimum Gasteiger partial charge on any atom is -0.383 e. The summed E-state index contributed by atoms with van der Waals surface area (Å²) in [7, 11) is 0. The maximum atomic E-state index is 13.6. The summed E-state index contributed by atoms with van der Waals surface area (Å²) >= 11 is 0. The normalized spacial score (nSPS) is 10.9. The van der Waals surface area contributed by atoms with Gasteiger partial charge in [0.1, 0.15) is 17.2 Å². The molecule has 0 unspecified atom stereocenters. The van der Waals surface area contributed by atoms with Crippen LogP contribution in [-0.4, -0.2) is 31.3 Å². The van der Waals surface area contributed by atoms with Crippen LogP contribution in [0.2, 0.25) is 0 Å². The van der Waals surface area contributed by atoms with E-state index in [2.05, 4.69) is 15.6 Å². The number of nitrogens with one attached hydrogen (secondary N) is 2. The van der Waals surface area contributed by atoms with E-state index in [1.54, 1.807) is 24.5 Å². The van der Waals surface area contributed by atoms with Gasteiger partial charge in [-0.1, -0.05) is 30.3 Å². The summed E-state index contributed by atoms with van der Waals surface area (Å²) in [4.78, 5) is 38.0. The van der Waals surface area contributed by atoms with Gasteiger partial charge in [0.25, 0.3) is 5.91 Å². The summed E-state index contributed by atoms with van der Waals surface area (Å²) in [6.07, 6.45) is 3.39. The molecule has 6 aromatic rings. The van der Waals surface area contributed by atoms with Crippen LogP contribution >= 0.6 is 0 Å². The number of halogens is 1. The minimum absolute atomic E-state index is 0.137. The predicted molar refractivity (Wildman–Crippen MR) is 164 cm³/mol. The van der Waals surface area contributed by atoms with Crippen LogP contribution in [0.15, 0.2) is 103 Å². The standard InChI is InChI=1S/C33H26FN7O2/c1-20(42)39-26-12-10-22(11-13-26)24-17-29-32(37-19-24)41(31(40-29)28-9-4-14-36-30(28)35)27-8-2-5-21(15-27)18-38-33(43)23-6-3-7-25(34)16-23/h2-17,19H,18H2,1H3,(H2,35,36)(H,38,43)(H,39,42). The van der Waals surface area contributed by atoms with E-state index in [1.165, 1.54) is 25.1 Å². The molecule has 3 aromatic heterocycles. The molecule has 0 aliphatic heterocycles. The van der Waals surface area contributed by atoms with Crippen molar-refractivity contribution in [3.05, 3.63) is 120 Å². The molecule has 0 saturated heterocycles. The van der Waals surface area contributed by atoms with Crippen LogP contribution in [0.25, 0.3) is 39.4 Å². The van der Waals surface area contributed by atoms with Crippen molar-refractivity contribution in [2.45, 2.75) is 13.5 Å². The fraction of sp³-hybridized carbons (Fsp3) is 0.0606. The third-order valence-corrected chi connectivity index (χ3v) is 6.82. The van der Waals surface area contributed by atoms with Crippen LogP contribution in [0, 0.1) is 5.82 Å². The molecule has 6 rings (SSSR count). The van der Waals surface area contributed by atoms with Gasteiger partial charge < -0.3 is 16.4 Å². The van der Waals surface area contributed by atoms with E-state index in [4.69, 9.17) is 15.7 Å². The zero-order valence-electron chi connectivity index (χ0n) is 23.1. The lowest BCUT2D eigenvalue weighted by Gasteiger charge is -2.12. The zero-order valence-corrected chi connectivity index (χ0v) is 23.1. The number of hydrogen-bond donors (Lipinski definition) is 3. The molecule has 2 amide bonds. The highest BCUT2D eigenvalue weighted by Crippen LogP contribution is 2.32. The van der Waals surface area contributed by atoms with Crippen LogP contribution in [-0.2, 0) is 11.3 Å². The number of hydrogen-bond acceptors (Lipinski definition) is 6. The van der Waals surface area contributed by atoms with E-state index in [0.717, 1.165) is 22.4 Å². The fourth-order valence-corrected chi connectivity index (χ4v) is 4.82. The van der Waals surface area contributed by atoms with Crippen molar-refractivity contribution in [3.8, 4) is 28.2 Å². The molecule has 4 N–H and O–H groups in total. The Labute approximate surface area is 246 Å². The van der Waals surface area contributed by atoms with Crippen LogP contribution in [0.5, 0.6) is 0 Å². The first-order valence-electron chi connectivity index (χ1n) is 13.5. The van der Waals surface area contributed by atoms with Crippen molar-refractivity contribution < 1.29 is 14.0 Å². The Morgan fingerprint density at radius 1 is 0.907 bits per heavy atom. The molecule has 43 heavy (non-hydrogen) atoms. The third-order valence-electron chi connectivity index (χ3n) is 6.82. The van der Waals surface area contributed by atoms with Gasteiger partial charge in [0.2, 0.25) is 5.91 Å². The van der Waals surface area contributed by atoms with Crippen LogP contribution in [0.1, 0.15) is 22.8 Å². The second kappa shape index (κ2) is 11.5. The molecule has 0 aliphatic carbocycles. The molecular formula is C33H26FN7O2. The summed E-state index contributed by atoms with van der Waals surface area (Å²) in [5, 5.41) is 5.62. The van der Waals surface area contributed by atoms with Crippen LogP contribution in [0.4, 0.5) is 15.9 Å². The summed E-state index contributed by atoms with van der Waals surface area (Å²) < 4.78 is 15.5. The van der Waals surface area contributed by atoms with Crippen LogP contribution in [0.3, 0.4) is 0 Å². The number of carbonyl (C=O) groups is 2. The lowest BCUT2D eigenvalue weighted by molar-refractivity contribution is -0.114. The molecule has 0 saturated carbocycles. The van der Waals surface area contributed by atoms with Gasteiger partial charge in [0, 0.05) is 48.4 Å². The second-order valence-electron chi connectivity index (χ2n) is 9.90. The SMILES string of the molecule is CC(=O)Nc1ccc(-c2cnc3c(c2)nc(-c2cccnc2N)n3-c2cccc(CNC(=O)c3cccc(F)c3)c2)cc1. The van der Waals surface area contributed by atoms with Gasteiger partial charge in [-0.15, -0.1) is 0 Å². The van der Waals surface area contributed by atoms with E-state index in [1.807, 2.05) is 65.2 Å². The number of nitrogens with zero attached hydrogens (tertiary/aromatic N) is 4. The maximum Gasteiger partial charge on any atom is 0.251 e. The van der Waals surface area contributed by atoms with Gasteiger partial charge >= 0.3 is 0 Å². The average Bonchev–Trinajstić information content (AvgIpc) is 3.39. The first-order chi connectivity index (χ1) is 20.9. The predicted octanol–water partition coefficient (Wildman–Crippen LogP) is 5.76. The molecule has 212 valence electrons. The van der Waals surface area contributed by atoms with Crippen molar-refractivity contribution in [1.82, 2.24) is 24.8 Å². The number of pyridine rings is 2. The van der Waals surface area contributed by atoms with E-state index in [-0.39, 0.29) is 23.9 Å². The molecule has 0 fully saturated rings. The Bertz CT molecular complexity index is 1990. The number of anilines is 2. The fourth-order valence-electron chi connectivity index (χ4n) is 4.82. The van der Waals surface area contributed by atoms with E-state index >= 15 is 0 Å². The van der Waals surface area contributed by atoms with Gasteiger partial charge in [-0.25, -0.2) is 19.3 Å². The molecular weight excluding hydrogens is 545 g/mol. The Balaban J connectivity index is 1.38. The number of benzene rings is 3. The van der Waals surface area contributed by atoms with Gasteiger partial charge in [0.15, 0.2) is 11.5 Å². The monoisotopic (exact) mass is 571 g/mol. The molecule has 0 aliphatic rings. The number of nitrogens with two attached hydrogens (primary N) is 1. The van der Waals surface area contributed by atoms with E-state index in [9.17, 15) is 14.0 Å². The summed E-state index contributed by atoms with van der Waals surface area (Å²) in [6, 6.07) is 26.3. The number of rotatable bonds is 7. The topological polar surface area (TPSA) is 128 Å². The largest absolute Gasteiger partial charge is 0.383 e. The van der Waals surface area contributed by atoms with Crippen molar-refractivity contribution in [2.24, 2.45) is 0 Å². The van der Waals surface area contributed by atoms with Gasteiger partial charge in [0.05, 0.1) is 5.56 Å². The molecule has 9 nitrogen and oxygen atoms in total. The molecule has 0 spiro atoms.